The molecule has 0 saturated heterocycles. The molecule has 0 radical (unpaired) electrons. The van der Waals surface area contributed by atoms with Gasteiger partial charge in [0.1, 0.15) is 11.6 Å². The molecule has 2 bridgehead atoms. The van der Waals surface area contributed by atoms with E-state index in [2.05, 4.69) is 11.6 Å². The Hall–Kier alpha value is -1.41. The zero-order valence-electron chi connectivity index (χ0n) is 9.36. The van der Waals surface area contributed by atoms with E-state index in [1.807, 2.05) is 0 Å². The average molecular weight is 221 g/mol. The van der Waals surface area contributed by atoms with E-state index in [1.165, 1.54) is 0 Å². The van der Waals surface area contributed by atoms with Crippen LogP contribution >= 0.6 is 0 Å². The topological polar surface area (TPSA) is 55.7 Å². The van der Waals surface area contributed by atoms with Gasteiger partial charge in [0.25, 0.3) is 0 Å². The molecule has 4 heteroatoms. The number of carbonyl (C=O) groups is 1. The molecule has 2 aliphatic carbocycles. The van der Waals surface area contributed by atoms with Crippen molar-refractivity contribution in [3.05, 3.63) is 12.2 Å². The van der Waals surface area contributed by atoms with Gasteiger partial charge < -0.3 is 4.74 Å². The van der Waals surface area contributed by atoms with E-state index in [0.717, 1.165) is 25.7 Å². The molecule has 4 nitrogen and oxygen atoms in total. The third-order valence-corrected chi connectivity index (χ3v) is 3.63. The van der Waals surface area contributed by atoms with Crippen LogP contribution in [-0.2, 0) is 14.3 Å². The first-order valence-corrected chi connectivity index (χ1v) is 5.53. The number of ether oxygens (including phenoxy) is 1. The van der Waals surface area contributed by atoms with Crippen molar-refractivity contribution in [2.75, 3.05) is 0 Å². The van der Waals surface area contributed by atoms with E-state index >= 15 is 0 Å². The minimum absolute atomic E-state index is 0.202. The first-order valence-electron chi connectivity index (χ1n) is 5.53. The Morgan fingerprint density at radius 2 is 2.38 bits per heavy atom. The SMILES string of the molecule is C=C(C)C(=O)OC12CCC(CC1N=C=O)C2. The lowest BCUT2D eigenvalue weighted by molar-refractivity contribution is -0.155. The van der Waals surface area contributed by atoms with Crippen LogP contribution in [0.5, 0.6) is 0 Å². The lowest BCUT2D eigenvalue weighted by Gasteiger charge is -2.31. The zero-order chi connectivity index (χ0) is 11.8. The fourth-order valence-corrected chi connectivity index (χ4v) is 2.84. The molecule has 3 atom stereocenters. The second kappa shape index (κ2) is 3.87. The lowest BCUT2D eigenvalue weighted by atomic mass is 9.92. The van der Waals surface area contributed by atoms with Crippen molar-refractivity contribution in [3.63, 3.8) is 0 Å². The number of fused-ring (bicyclic) bond motifs is 2. The van der Waals surface area contributed by atoms with Crippen molar-refractivity contribution in [1.82, 2.24) is 0 Å². The summed E-state index contributed by atoms with van der Waals surface area (Å²) in [5, 5.41) is 0. The van der Waals surface area contributed by atoms with Gasteiger partial charge in [0.2, 0.25) is 6.08 Å². The summed E-state index contributed by atoms with van der Waals surface area (Å²) in [5.74, 6) is 0.147. The molecule has 2 fully saturated rings. The minimum atomic E-state index is -0.557. The van der Waals surface area contributed by atoms with E-state index in [9.17, 15) is 9.59 Å². The fourth-order valence-electron chi connectivity index (χ4n) is 2.84. The van der Waals surface area contributed by atoms with Crippen molar-refractivity contribution in [2.24, 2.45) is 10.9 Å². The second-order valence-electron chi connectivity index (χ2n) is 4.82. The van der Waals surface area contributed by atoms with Crippen LogP contribution in [0.4, 0.5) is 0 Å². The van der Waals surface area contributed by atoms with Gasteiger partial charge >= 0.3 is 5.97 Å². The second-order valence-corrected chi connectivity index (χ2v) is 4.82. The maximum atomic E-state index is 11.6. The van der Waals surface area contributed by atoms with Crippen molar-refractivity contribution in [2.45, 2.75) is 44.2 Å². The minimum Gasteiger partial charge on any atom is -0.453 e. The van der Waals surface area contributed by atoms with Gasteiger partial charge in [-0.2, -0.15) is 4.99 Å². The molecule has 2 saturated carbocycles. The highest BCUT2D eigenvalue weighted by atomic mass is 16.6. The number of rotatable bonds is 3. The molecule has 16 heavy (non-hydrogen) atoms. The van der Waals surface area contributed by atoms with E-state index in [0.29, 0.717) is 11.5 Å². The Balaban J connectivity index is 2.18. The summed E-state index contributed by atoms with van der Waals surface area (Å²) in [7, 11) is 0. The van der Waals surface area contributed by atoms with Gasteiger partial charge in [-0.15, -0.1) is 0 Å². The smallest absolute Gasteiger partial charge is 0.333 e. The predicted molar refractivity (Wildman–Crippen MR) is 57.5 cm³/mol. The maximum Gasteiger partial charge on any atom is 0.333 e. The number of carbonyl (C=O) groups excluding carboxylic acids is 2. The van der Waals surface area contributed by atoms with E-state index in [1.54, 1.807) is 13.0 Å². The van der Waals surface area contributed by atoms with Crippen LogP contribution in [0.2, 0.25) is 0 Å². The number of aliphatic imine (C=N–C) groups is 1. The van der Waals surface area contributed by atoms with E-state index in [4.69, 9.17) is 4.74 Å². The van der Waals surface area contributed by atoms with Gasteiger partial charge in [0.15, 0.2) is 0 Å². The monoisotopic (exact) mass is 221 g/mol. The number of nitrogens with zero attached hydrogens (tertiary/aromatic N) is 1. The van der Waals surface area contributed by atoms with Gasteiger partial charge in [-0.1, -0.05) is 6.58 Å². The van der Waals surface area contributed by atoms with Crippen LogP contribution in [0.1, 0.15) is 32.6 Å². The zero-order valence-corrected chi connectivity index (χ0v) is 9.36. The molecule has 2 aliphatic rings. The summed E-state index contributed by atoms with van der Waals surface area (Å²) < 4.78 is 5.51. The van der Waals surface area contributed by atoms with Gasteiger partial charge in [-0.05, 0) is 38.5 Å². The standard InChI is InChI=1S/C12H15NO3/c1-8(2)11(15)16-12-4-3-9(6-12)5-10(12)13-7-14/h9-10H,1,3-6H2,2H3. The van der Waals surface area contributed by atoms with Crippen LogP contribution < -0.4 is 0 Å². The molecule has 0 aliphatic heterocycles. The Labute approximate surface area is 94.4 Å². The summed E-state index contributed by atoms with van der Waals surface area (Å²) in [6.07, 6.45) is 5.08. The van der Waals surface area contributed by atoms with Crippen molar-refractivity contribution >= 4 is 12.0 Å². The molecule has 0 amide bonds. The molecule has 2 rings (SSSR count). The largest absolute Gasteiger partial charge is 0.453 e. The molecule has 0 aromatic carbocycles. The average Bonchev–Trinajstić information content (AvgIpc) is 2.75. The van der Waals surface area contributed by atoms with Crippen molar-refractivity contribution < 1.29 is 14.3 Å². The van der Waals surface area contributed by atoms with Crippen LogP contribution in [0.3, 0.4) is 0 Å². The highest BCUT2D eigenvalue weighted by Crippen LogP contribution is 2.51. The molecular weight excluding hydrogens is 206 g/mol. The molecule has 0 heterocycles. The highest BCUT2D eigenvalue weighted by Gasteiger charge is 2.55. The maximum absolute atomic E-state index is 11.6. The Morgan fingerprint density at radius 1 is 1.62 bits per heavy atom. The van der Waals surface area contributed by atoms with Gasteiger partial charge in [-0.25, -0.2) is 9.59 Å². The first-order chi connectivity index (χ1) is 7.57. The lowest BCUT2D eigenvalue weighted by Crippen LogP contribution is -2.41. The summed E-state index contributed by atoms with van der Waals surface area (Å²) in [4.78, 5) is 25.7. The molecule has 0 N–H and O–H groups in total. The molecule has 0 aromatic heterocycles. The first kappa shape index (κ1) is 11.1. The predicted octanol–water partition coefficient (Wildman–Crippen LogP) is 1.75. The van der Waals surface area contributed by atoms with Gasteiger partial charge in [-0.3, -0.25) is 0 Å². The summed E-state index contributed by atoms with van der Waals surface area (Å²) in [5.41, 5.74) is -0.170. The molecule has 0 spiro atoms. The van der Waals surface area contributed by atoms with Crippen molar-refractivity contribution in [1.29, 1.82) is 0 Å². The fraction of sp³-hybridized carbons (Fsp3) is 0.667. The van der Waals surface area contributed by atoms with Crippen LogP contribution in [0.25, 0.3) is 0 Å². The van der Waals surface area contributed by atoms with Crippen LogP contribution in [0, 0.1) is 5.92 Å². The third kappa shape index (κ3) is 1.69. The molecule has 86 valence electrons. The van der Waals surface area contributed by atoms with Crippen molar-refractivity contribution in [3.8, 4) is 0 Å². The number of hydrogen-bond acceptors (Lipinski definition) is 4. The number of isocyanates is 1. The normalized spacial score (nSPS) is 35.6. The Morgan fingerprint density at radius 3 is 2.94 bits per heavy atom. The molecule has 0 aromatic rings. The van der Waals surface area contributed by atoms with Gasteiger partial charge in [0.05, 0.1) is 0 Å². The Bertz CT molecular complexity index is 384. The van der Waals surface area contributed by atoms with Crippen LogP contribution in [-0.4, -0.2) is 23.7 Å². The third-order valence-electron chi connectivity index (χ3n) is 3.63. The summed E-state index contributed by atoms with van der Waals surface area (Å²) in [6.45, 7) is 5.19. The van der Waals surface area contributed by atoms with Crippen LogP contribution in [0.15, 0.2) is 17.1 Å². The van der Waals surface area contributed by atoms with E-state index < -0.39 is 5.60 Å². The quantitative estimate of drug-likeness (QED) is 0.316. The highest BCUT2D eigenvalue weighted by molar-refractivity contribution is 5.87. The van der Waals surface area contributed by atoms with Gasteiger partial charge in [0, 0.05) is 5.57 Å². The van der Waals surface area contributed by atoms with E-state index in [-0.39, 0.29) is 12.0 Å². The molecular formula is C12H15NO3. The molecule has 3 unspecified atom stereocenters. The Kier molecular flexibility index (Phi) is 2.68. The number of hydrogen-bond donors (Lipinski definition) is 0. The number of esters is 1. The summed E-state index contributed by atoms with van der Waals surface area (Å²) >= 11 is 0. The summed E-state index contributed by atoms with van der Waals surface area (Å²) in [6, 6.07) is -0.202.